The number of rotatable bonds is 7. The monoisotopic (exact) mass is 390 g/mol. The molecule has 2 aromatic rings. The number of halogens is 1. The molecule has 7 heteroatoms. The van der Waals surface area contributed by atoms with E-state index in [1.54, 1.807) is 42.5 Å². The Balaban J connectivity index is 1.99. The van der Waals surface area contributed by atoms with Gasteiger partial charge in [-0.1, -0.05) is 37.6 Å². The molecule has 2 amide bonds. The highest BCUT2D eigenvalue weighted by Gasteiger charge is 2.14. The third-order valence-electron chi connectivity index (χ3n) is 3.79. The highest BCUT2D eigenvalue weighted by molar-refractivity contribution is 6.33. The lowest BCUT2D eigenvalue weighted by Crippen LogP contribution is -2.41. The molecule has 0 aliphatic heterocycles. The summed E-state index contributed by atoms with van der Waals surface area (Å²) in [6.07, 6.45) is 0.916. The summed E-state index contributed by atoms with van der Waals surface area (Å²) in [7, 11) is 1.51. The van der Waals surface area contributed by atoms with Crippen molar-refractivity contribution in [1.82, 2.24) is 10.9 Å². The Labute approximate surface area is 163 Å². The largest absolute Gasteiger partial charge is 0.493 e. The Hall–Kier alpha value is -2.73. The molecule has 2 rings (SSSR count). The van der Waals surface area contributed by atoms with Gasteiger partial charge in [0.05, 0.1) is 24.3 Å². The summed E-state index contributed by atoms with van der Waals surface area (Å²) < 4.78 is 11.0. The van der Waals surface area contributed by atoms with Gasteiger partial charge < -0.3 is 9.47 Å². The fourth-order valence-corrected chi connectivity index (χ4v) is 2.45. The summed E-state index contributed by atoms with van der Waals surface area (Å²) in [6, 6.07) is 11.4. The van der Waals surface area contributed by atoms with E-state index in [9.17, 15) is 9.59 Å². The van der Waals surface area contributed by atoms with Gasteiger partial charge in [0.25, 0.3) is 11.8 Å². The van der Waals surface area contributed by atoms with Crippen molar-refractivity contribution in [2.75, 3.05) is 13.7 Å². The zero-order valence-electron chi connectivity index (χ0n) is 15.5. The second-order valence-corrected chi connectivity index (χ2v) is 6.69. The zero-order valence-corrected chi connectivity index (χ0v) is 16.3. The molecule has 0 saturated carbocycles. The van der Waals surface area contributed by atoms with Crippen LogP contribution in [0.25, 0.3) is 0 Å². The lowest BCUT2D eigenvalue weighted by molar-refractivity contribution is 0.0846. The molecule has 0 atom stereocenters. The Kier molecular flexibility index (Phi) is 7.49. The standard InChI is InChI=1S/C20H23ClN2O4/c1-13(2)10-11-27-17-9-8-14(12-18(17)26-3)19(24)22-23-20(25)15-6-4-5-7-16(15)21/h4-9,12-13H,10-11H2,1-3H3,(H,22,24)(H,23,25). The number of hydrogen-bond donors (Lipinski definition) is 2. The van der Waals surface area contributed by atoms with E-state index in [1.165, 1.54) is 7.11 Å². The summed E-state index contributed by atoms with van der Waals surface area (Å²) >= 11 is 5.97. The molecule has 0 aliphatic rings. The number of hydrazine groups is 1. The van der Waals surface area contributed by atoms with Gasteiger partial charge in [0.15, 0.2) is 11.5 Å². The summed E-state index contributed by atoms with van der Waals surface area (Å²) in [5.41, 5.74) is 5.29. The average molecular weight is 391 g/mol. The van der Waals surface area contributed by atoms with Gasteiger partial charge in [0.2, 0.25) is 0 Å². The number of methoxy groups -OCH3 is 1. The van der Waals surface area contributed by atoms with Crippen LogP contribution in [0.15, 0.2) is 42.5 Å². The van der Waals surface area contributed by atoms with Crippen LogP contribution in [0, 0.1) is 5.92 Å². The van der Waals surface area contributed by atoms with E-state index in [4.69, 9.17) is 21.1 Å². The summed E-state index contributed by atoms with van der Waals surface area (Å²) in [4.78, 5) is 24.4. The molecule has 0 radical (unpaired) electrons. The predicted octanol–water partition coefficient (Wildman–Crippen LogP) is 3.85. The summed E-state index contributed by atoms with van der Waals surface area (Å²) in [6.45, 7) is 4.79. The molecule has 0 saturated heterocycles. The molecule has 6 nitrogen and oxygen atoms in total. The minimum atomic E-state index is -0.505. The first kappa shape index (κ1) is 20.6. The minimum absolute atomic E-state index is 0.269. The highest BCUT2D eigenvalue weighted by Crippen LogP contribution is 2.28. The lowest BCUT2D eigenvalue weighted by atomic mass is 10.1. The molecule has 0 bridgehead atoms. The van der Waals surface area contributed by atoms with E-state index < -0.39 is 11.8 Å². The molecule has 144 valence electrons. The number of carbonyl (C=O) groups excluding carboxylic acids is 2. The number of carbonyl (C=O) groups is 2. The molecule has 2 aromatic carbocycles. The second kappa shape index (κ2) is 9.83. The Morgan fingerprint density at radius 1 is 1.04 bits per heavy atom. The van der Waals surface area contributed by atoms with Crippen molar-refractivity contribution in [2.24, 2.45) is 5.92 Å². The number of nitrogens with one attached hydrogen (secondary N) is 2. The summed E-state index contributed by atoms with van der Waals surface area (Å²) in [5, 5.41) is 0.300. The quantitative estimate of drug-likeness (QED) is 0.704. The average Bonchev–Trinajstić information content (AvgIpc) is 2.66. The first-order valence-electron chi connectivity index (χ1n) is 8.58. The molecule has 0 fully saturated rings. The molecule has 2 N–H and O–H groups in total. The van der Waals surface area contributed by atoms with Crippen LogP contribution in [0.2, 0.25) is 5.02 Å². The van der Waals surface area contributed by atoms with Gasteiger partial charge in [-0.3, -0.25) is 20.4 Å². The van der Waals surface area contributed by atoms with E-state index in [-0.39, 0.29) is 5.56 Å². The smallest absolute Gasteiger partial charge is 0.271 e. The van der Waals surface area contributed by atoms with Crippen LogP contribution in [0.4, 0.5) is 0 Å². The maximum absolute atomic E-state index is 12.3. The first-order chi connectivity index (χ1) is 12.9. The molecule has 0 aromatic heterocycles. The second-order valence-electron chi connectivity index (χ2n) is 6.28. The Morgan fingerprint density at radius 2 is 1.74 bits per heavy atom. The van der Waals surface area contributed by atoms with E-state index in [1.807, 2.05) is 0 Å². The molecule has 0 spiro atoms. The van der Waals surface area contributed by atoms with Crippen LogP contribution in [-0.4, -0.2) is 25.5 Å². The topological polar surface area (TPSA) is 76.7 Å². The summed E-state index contributed by atoms with van der Waals surface area (Å²) in [5.74, 6) is 0.554. The van der Waals surface area contributed by atoms with Gasteiger partial charge in [-0.05, 0) is 42.7 Å². The van der Waals surface area contributed by atoms with Crippen molar-refractivity contribution in [3.63, 3.8) is 0 Å². The van der Waals surface area contributed by atoms with Crippen LogP contribution in [0.5, 0.6) is 11.5 Å². The van der Waals surface area contributed by atoms with Crippen molar-refractivity contribution in [3.8, 4) is 11.5 Å². The van der Waals surface area contributed by atoms with Crippen molar-refractivity contribution in [2.45, 2.75) is 20.3 Å². The zero-order chi connectivity index (χ0) is 19.8. The third-order valence-corrected chi connectivity index (χ3v) is 4.12. The molecule has 0 aliphatic carbocycles. The molecular formula is C20H23ClN2O4. The van der Waals surface area contributed by atoms with E-state index in [2.05, 4.69) is 24.7 Å². The van der Waals surface area contributed by atoms with Gasteiger partial charge in [-0.15, -0.1) is 0 Å². The van der Waals surface area contributed by atoms with E-state index >= 15 is 0 Å². The minimum Gasteiger partial charge on any atom is -0.493 e. The first-order valence-corrected chi connectivity index (χ1v) is 8.96. The Morgan fingerprint density at radius 3 is 2.41 bits per heavy atom. The fraction of sp³-hybridized carbons (Fsp3) is 0.300. The lowest BCUT2D eigenvalue weighted by Gasteiger charge is -2.13. The van der Waals surface area contributed by atoms with Crippen LogP contribution in [0.1, 0.15) is 41.0 Å². The normalized spacial score (nSPS) is 10.4. The highest BCUT2D eigenvalue weighted by atomic mass is 35.5. The number of amides is 2. The molecule has 0 heterocycles. The maximum atomic E-state index is 12.3. The predicted molar refractivity (Wildman–Crippen MR) is 104 cm³/mol. The van der Waals surface area contributed by atoms with Crippen LogP contribution in [-0.2, 0) is 0 Å². The van der Waals surface area contributed by atoms with Crippen molar-refractivity contribution in [1.29, 1.82) is 0 Å². The third kappa shape index (κ3) is 5.89. The van der Waals surface area contributed by atoms with Gasteiger partial charge in [-0.2, -0.15) is 0 Å². The van der Waals surface area contributed by atoms with E-state index in [0.29, 0.717) is 34.6 Å². The van der Waals surface area contributed by atoms with Gasteiger partial charge in [-0.25, -0.2) is 0 Å². The Bertz CT molecular complexity index is 808. The van der Waals surface area contributed by atoms with Gasteiger partial charge in [0.1, 0.15) is 0 Å². The van der Waals surface area contributed by atoms with Gasteiger partial charge in [0, 0.05) is 5.56 Å². The molecule has 27 heavy (non-hydrogen) atoms. The fourth-order valence-electron chi connectivity index (χ4n) is 2.23. The van der Waals surface area contributed by atoms with Crippen molar-refractivity contribution < 1.29 is 19.1 Å². The molecular weight excluding hydrogens is 368 g/mol. The van der Waals surface area contributed by atoms with Crippen LogP contribution < -0.4 is 20.3 Å². The van der Waals surface area contributed by atoms with Crippen molar-refractivity contribution in [3.05, 3.63) is 58.6 Å². The molecule has 0 unspecified atom stereocenters. The van der Waals surface area contributed by atoms with Crippen molar-refractivity contribution >= 4 is 23.4 Å². The number of benzene rings is 2. The SMILES string of the molecule is COc1cc(C(=O)NNC(=O)c2ccccc2Cl)ccc1OCCC(C)C. The van der Waals surface area contributed by atoms with Gasteiger partial charge >= 0.3 is 0 Å². The maximum Gasteiger partial charge on any atom is 0.271 e. The number of ether oxygens (including phenoxy) is 2. The van der Waals surface area contributed by atoms with E-state index in [0.717, 1.165) is 6.42 Å². The van der Waals surface area contributed by atoms with Crippen LogP contribution in [0.3, 0.4) is 0 Å². The van der Waals surface area contributed by atoms with Crippen LogP contribution >= 0.6 is 11.6 Å². The number of hydrogen-bond acceptors (Lipinski definition) is 4.